The lowest BCUT2D eigenvalue weighted by Gasteiger charge is -2.32. The maximum absolute atomic E-state index is 13.7. The zero-order valence-electron chi connectivity index (χ0n) is 31.5. The van der Waals surface area contributed by atoms with E-state index in [4.69, 9.17) is 33.8 Å². The van der Waals surface area contributed by atoms with Gasteiger partial charge in [0.25, 0.3) is 5.91 Å². The molecule has 0 radical (unpaired) electrons. The van der Waals surface area contributed by atoms with Crippen molar-refractivity contribution in [2.45, 2.75) is 77.1 Å². The number of nitrogens with zero attached hydrogens (tertiary/aromatic N) is 5. The highest BCUT2D eigenvalue weighted by atomic mass is 35.5. The van der Waals surface area contributed by atoms with E-state index in [1.165, 1.54) is 6.07 Å². The van der Waals surface area contributed by atoms with Crippen LogP contribution < -0.4 is 25.2 Å². The highest BCUT2D eigenvalue weighted by molar-refractivity contribution is 7.81. The number of aromatic nitrogens is 1. The van der Waals surface area contributed by atoms with Crippen LogP contribution in [-0.2, 0) is 31.8 Å². The van der Waals surface area contributed by atoms with E-state index in [1.54, 1.807) is 49.1 Å². The molecule has 1 aromatic heterocycles. The molecule has 3 aliphatic rings. The average Bonchev–Trinajstić information content (AvgIpc) is 3.33. The maximum Gasteiger partial charge on any atom is 0.419 e. The number of ether oxygens (including phenoxy) is 1. The number of anilines is 4. The first-order chi connectivity index (χ1) is 27.0. The van der Waals surface area contributed by atoms with Crippen molar-refractivity contribution in [1.29, 1.82) is 5.26 Å². The normalized spacial score (nSPS) is 19.2. The summed E-state index contributed by atoms with van der Waals surface area (Å²) in [6.45, 7) is 7.25. The smallest absolute Gasteiger partial charge is 0.419 e. The number of benzene rings is 2. The Balaban J connectivity index is 1.03. The number of ketones is 2. The summed E-state index contributed by atoms with van der Waals surface area (Å²) in [6.07, 6.45) is -0.944. The molecule has 17 heteroatoms. The third kappa shape index (κ3) is 9.22. The number of pyridine rings is 1. The SMILES string of the molecule is CCc1cc(N2C(=S)N(c3cnc(C#N)c(C(F)(F)F)c3)C(=O)C2(C)C)ccc1OCC1CCN(CC(=O)Nc2cc(Cl)cc(NC3CCC(=O)CC3=O)c2)CC1. The summed E-state index contributed by atoms with van der Waals surface area (Å²) in [5.41, 5.74) is -0.997. The molecule has 3 heterocycles. The second kappa shape index (κ2) is 16.8. The number of nitrogens with one attached hydrogen (secondary N) is 2. The van der Waals surface area contributed by atoms with Crippen molar-refractivity contribution in [3.05, 3.63) is 70.5 Å². The molecule has 2 N–H and O–H groups in total. The predicted molar refractivity (Wildman–Crippen MR) is 212 cm³/mol. The van der Waals surface area contributed by atoms with Crippen molar-refractivity contribution >= 4 is 75.1 Å². The lowest BCUT2D eigenvalue weighted by Crippen LogP contribution is -2.44. The number of halogens is 4. The molecule has 12 nitrogen and oxygen atoms in total. The molecule has 1 unspecified atom stereocenters. The summed E-state index contributed by atoms with van der Waals surface area (Å²) < 4.78 is 47.5. The molecule has 2 aliphatic heterocycles. The number of carbonyl (C=O) groups is 4. The Morgan fingerprint density at radius 3 is 2.46 bits per heavy atom. The number of hydrogen-bond donors (Lipinski definition) is 2. The van der Waals surface area contributed by atoms with Gasteiger partial charge in [-0.25, -0.2) is 4.98 Å². The van der Waals surface area contributed by atoms with Crippen LogP contribution in [0.4, 0.5) is 35.9 Å². The number of aryl methyl sites for hydroxylation is 1. The number of nitriles is 1. The van der Waals surface area contributed by atoms with Gasteiger partial charge in [-0.3, -0.25) is 29.0 Å². The van der Waals surface area contributed by atoms with Gasteiger partial charge < -0.3 is 20.3 Å². The van der Waals surface area contributed by atoms with Crippen molar-refractivity contribution in [3.63, 3.8) is 0 Å². The minimum atomic E-state index is -4.86. The van der Waals surface area contributed by atoms with Gasteiger partial charge in [0.15, 0.2) is 16.6 Å². The fourth-order valence-corrected chi connectivity index (χ4v) is 8.11. The van der Waals surface area contributed by atoms with Crippen LogP contribution >= 0.6 is 23.8 Å². The number of piperidine rings is 1. The first-order valence-corrected chi connectivity index (χ1v) is 19.3. The highest BCUT2D eigenvalue weighted by Crippen LogP contribution is 2.40. The Kier molecular flexibility index (Phi) is 12.2. The first kappa shape index (κ1) is 41.5. The summed E-state index contributed by atoms with van der Waals surface area (Å²) in [5, 5.41) is 15.6. The van der Waals surface area contributed by atoms with Crippen LogP contribution in [0, 0.1) is 17.2 Å². The first-order valence-electron chi connectivity index (χ1n) is 18.5. The molecule has 1 atom stereocenters. The van der Waals surface area contributed by atoms with E-state index < -0.39 is 34.9 Å². The number of carbonyl (C=O) groups excluding carboxylic acids is 4. The van der Waals surface area contributed by atoms with Gasteiger partial charge in [-0.05, 0) is 119 Å². The van der Waals surface area contributed by atoms with Gasteiger partial charge in [-0.2, -0.15) is 18.4 Å². The topological polar surface area (TPSA) is 148 Å². The second-order valence-electron chi connectivity index (χ2n) is 14.9. The number of Topliss-reactive ketones (excluding diaryl/α,β-unsaturated/α-hetero) is 2. The molecule has 6 rings (SSSR count). The van der Waals surface area contributed by atoms with Gasteiger partial charge in [-0.15, -0.1) is 0 Å². The largest absolute Gasteiger partial charge is 0.493 e. The van der Waals surface area contributed by atoms with Crippen LogP contribution in [0.2, 0.25) is 5.02 Å². The molecule has 1 saturated carbocycles. The number of alkyl halides is 3. The molecule has 2 amide bonds. The molecule has 57 heavy (non-hydrogen) atoms. The van der Waals surface area contributed by atoms with Crippen molar-refractivity contribution in [2.24, 2.45) is 5.92 Å². The summed E-state index contributed by atoms with van der Waals surface area (Å²) in [5.74, 6) is -0.0628. The minimum Gasteiger partial charge on any atom is -0.493 e. The Hall–Kier alpha value is -5.11. The van der Waals surface area contributed by atoms with Crippen LogP contribution in [0.25, 0.3) is 0 Å². The van der Waals surface area contributed by atoms with Crippen molar-refractivity contribution < 1.29 is 37.1 Å². The maximum atomic E-state index is 13.7. The predicted octanol–water partition coefficient (Wildman–Crippen LogP) is 6.94. The van der Waals surface area contributed by atoms with E-state index in [1.807, 2.05) is 13.0 Å². The van der Waals surface area contributed by atoms with E-state index in [0.29, 0.717) is 72.9 Å². The van der Waals surface area contributed by atoms with E-state index >= 15 is 0 Å². The standard InChI is InChI=1S/C40H41ClF3N7O5S/c1-4-24-13-28(51-38(57)50(37(55)39(51,2)3)29-17-31(40(42,43)44)33(19-45)46-20-29)5-8-35(24)56-22-23-9-11-49(12-10-23)21-36(54)48-27-15-25(41)14-26(16-27)47-32-7-6-30(52)18-34(32)53/h5,8,13-17,20,23,32,47H,4,6-7,9-12,18,21-22H2,1-3H3,(H,48,54). The summed E-state index contributed by atoms with van der Waals surface area (Å²) in [7, 11) is 0. The molecule has 2 aromatic carbocycles. The third-order valence-electron chi connectivity index (χ3n) is 10.4. The van der Waals surface area contributed by atoms with Gasteiger partial charge in [0, 0.05) is 28.5 Å². The Labute approximate surface area is 338 Å². The van der Waals surface area contributed by atoms with Gasteiger partial charge in [-0.1, -0.05) is 18.5 Å². The molecule has 0 spiro atoms. The number of thiocarbonyl (C=S) groups is 1. The molecule has 2 saturated heterocycles. The molecule has 3 aromatic rings. The number of hydrogen-bond acceptors (Lipinski definition) is 10. The zero-order valence-corrected chi connectivity index (χ0v) is 33.1. The highest BCUT2D eigenvalue weighted by Gasteiger charge is 2.51. The summed E-state index contributed by atoms with van der Waals surface area (Å²) in [6, 6.07) is 12.1. The van der Waals surface area contributed by atoms with Gasteiger partial charge in [0.2, 0.25) is 5.91 Å². The minimum absolute atomic E-state index is 0.0258. The van der Waals surface area contributed by atoms with E-state index in [2.05, 4.69) is 20.5 Å². The molecule has 0 bridgehead atoms. The third-order valence-corrected chi connectivity index (χ3v) is 11.0. The quantitative estimate of drug-likeness (QED) is 0.153. The van der Waals surface area contributed by atoms with Crippen molar-refractivity contribution in [2.75, 3.05) is 46.7 Å². The van der Waals surface area contributed by atoms with Crippen LogP contribution in [0.3, 0.4) is 0 Å². The molecule has 300 valence electrons. The summed E-state index contributed by atoms with van der Waals surface area (Å²) in [4.78, 5) is 58.9. The van der Waals surface area contributed by atoms with Crippen molar-refractivity contribution in [3.8, 4) is 11.8 Å². The Bertz CT molecular complexity index is 2150. The van der Waals surface area contributed by atoms with Crippen LogP contribution in [-0.4, -0.2) is 76.2 Å². The van der Waals surface area contributed by atoms with Crippen LogP contribution in [0.1, 0.15) is 69.7 Å². The number of rotatable bonds is 11. The van der Waals surface area contributed by atoms with E-state index in [9.17, 15) is 32.3 Å². The molecular formula is C40H41ClF3N7O5S. The molecule has 3 fully saturated rings. The fraction of sp³-hybridized carbons (Fsp3) is 0.425. The zero-order chi connectivity index (χ0) is 41.2. The molecular weight excluding hydrogens is 783 g/mol. The number of likely N-dealkylation sites (tertiary alicyclic amines) is 1. The van der Waals surface area contributed by atoms with Crippen LogP contribution in [0.5, 0.6) is 5.75 Å². The lowest BCUT2D eigenvalue weighted by atomic mass is 9.93. The van der Waals surface area contributed by atoms with Crippen LogP contribution in [0.15, 0.2) is 48.7 Å². The van der Waals surface area contributed by atoms with Crippen molar-refractivity contribution in [1.82, 2.24) is 9.88 Å². The number of amides is 2. The average molecular weight is 824 g/mol. The second-order valence-corrected chi connectivity index (χ2v) is 15.7. The van der Waals surface area contributed by atoms with Gasteiger partial charge in [0.1, 0.15) is 23.1 Å². The Morgan fingerprint density at radius 2 is 1.79 bits per heavy atom. The monoisotopic (exact) mass is 823 g/mol. The van der Waals surface area contributed by atoms with Gasteiger partial charge in [0.05, 0.1) is 43.1 Å². The Morgan fingerprint density at radius 1 is 1.07 bits per heavy atom. The summed E-state index contributed by atoms with van der Waals surface area (Å²) >= 11 is 12.0. The van der Waals surface area contributed by atoms with E-state index in [0.717, 1.165) is 29.5 Å². The fourth-order valence-electron chi connectivity index (χ4n) is 7.35. The van der Waals surface area contributed by atoms with E-state index in [-0.39, 0.29) is 47.2 Å². The molecule has 1 aliphatic carbocycles. The lowest BCUT2D eigenvalue weighted by molar-refractivity contribution is -0.138. The van der Waals surface area contributed by atoms with Gasteiger partial charge >= 0.3 is 6.18 Å².